The molecule has 1 atom stereocenters. The topological polar surface area (TPSA) is 68.0 Å². The summed E-state index contributed by atoms with van der Waals surface area (Å²) in [5, 5.41) is 4.19. The van der Waals surface area contributed by atoms with Gasteiger partial charge >= 0.3 is 0 Å². The number of hydrogen-bond donors (Lipinski definition) is 2. The third-order valence-electron chi connectivity index (χ3n) is 2.75. The van der Waals surface area contributed by atoms with Crippen molar-refractivity contribution in [1.29, 1.82) is 0 Å². The summed E-state index contributed by atoms with van der Waals surface area (Å²) in [6, 6.07) is 6.62. The van der Waals surface area contributed by atoms with Gasteiger partial charge in [-0.1, -0.05) is 18.5 Å². The number of hydrogen-bond acceptors (Lipinski definition) is 3. The van der Waals surface area contributed by atoms with E-state index in [9.17, 15) is 4.79 Å². The molecule has 1 heterocycles. The number of benzene rings is 1. The molecule has 94 valence electrons. The van der Waals surface area contributed by atoms with Crippen molar-refractivity contribution in [2.45, 2.75) is 19.4 Å². The van der Waals surface area contributed by atoms with E-state index in [0.717, 1.165) is 5.39 Å². The molecule has 0 fully saturated rings. The summed E-state index contributed by atoms with van der Waals surface area (Å²) in [5.41, 5.74) is 6.98. The van der Waals surface area contributed by atoms with E-state index >= 15 is 0 Å². The Labute approximate surface area is 110 Å². The fourth-order valence-electron chi connectivity index (χ4n) is 1.65. The normalized spacial score (nSPS) is 12.4. The van der Waals surface area contributed by atoms with Gasteiger partial charge in [0.1, 0.15) is 0 Å². The van der Waals surface area contributed by atoms with Gasteiger partial charge in [0.2, 0.25) is 5.91 Å². The zero-order chi connectivity index (χ0) is 13.1. The number of amides is 1. The van der Waals surface area contributed by atoms with Gasteiger partial charge in [-0.15, -0.1) is 0 Å². The van der Waals surface area contributed by atoms with E-state index in [4.69, 9.17) is 17.3 Å². The van der Waals surface area contributed by atoms with Gasteiger partial charge < -0.3 is 11.1 Å². The average molecular weight is 264 g/mol. The predicted molar refractivity (Wildman–Crippen MR) is 73.6 cm³/mol. The molecule has 0 saturated carbocycles. The van der Waals surface area contributed by atoms with Crippen LogP contribution >= 0.6 is 11.6 Å². The molecule has 1 aromatic heterocycles. The Morgan fingerprint density at radius 1 is 1.50 bits per heavy atom. The van der Waals surface area contributed by atoms with Crippen LogP contribution in [-0.4, -0.2) is 16.9 Å². The zero-order valence-electron chi connectivity index (χ0n) is 9.98. The van der Waals surface area contributed by atoms with Crippen LogP contribution in [-0.2, 0) is 4.79 Å². The molecule has 2 aromatic rings. The van der Waals surface area contributed by atoms with Crippen LogP contribution in [0.3, 0.4) is 0 Å². The quantitative estimate of drug-likeness (QED) is 0.894. The van der Waals surface area contributed by atoms with E-state index in [1.165, 1.54) is 0 Å². The molecule has 0 aliphatic rings. The number of nitrogens with zero attached hydrogens (tertiary/aromatic N) is 1. The van der Waals surface area contributed by atoms with Gasteiger partial charge in [-0.2, -0.15) is 0 Å². The van der Waals surface area contributed by atoms with E-state index < -0.39 is 6.04 Å². The van der Waals surface area contributed by atoms with E-state index in [1.54, 1.807) is 24.4 Å². The molecular formula is C13H14ClN3O. The highest BCUT2D eigenvalue weighted by atomic mass is 35.5. The maximum absolute atomic E-state index is 11.8. The molecule has 1 aromatic carbocycles. The Morgan fingerprint density at radius 2 is 2.28 bits per heavy atom. The number of aromatic nitrogens is 1. The Balaban J connectivity index is 2.40. The van der Waals surface area contributed by atoms with Crippen molar-refractivity contribution >= 4 is 34.1 Å². The lowest BCUT2D eigenvalue weighted by atomic mass is 10.1. The van der Waals surface area contributed by atoms with Gasteiger partial charge in [0.25, 0.3) is 0 Å². The molecule has 0 aliphatic heterocycles. The van der Waals surface area contributed by atoms with Gasteiger partial charge in [0, 0.05) is 11.6 Å². The maximum atomic E-state index is 11.8. The Morgan fingerprint density at radius 3 is 3.00 bits per heavy atom. The first kappa shape index (κ1) is 12.8. The predicted octanol–water partition coefficient (Wildman–Crippen LogP) is 2.56. The number of pyridine rings is 1. The van der Waals surface area contributed by atoms with Crippen molar-refractivity contribution in [3.8, 4) is 0 Å². The minimum absolute atomic E-state index is 0.216. The highest BCUT2D eigenvalue weighted by Crippen LogP contribution is 2.27. The summed E-state index contributed by atoms with van der Waals surface area (Å²) in [6.45, 7) is 1.86. The summed E-state index contributed by atoms with van der Waals surface area (Å²) in [6.07, 6.45) is 2.25. The number of fused-ring (bicyclic) bond motifs is 1. The third kappa shape index (κ3) is 2.44. The Bertz CT molecular complexity index is 585. The minimum Gasteiger partial charge on any atom is -0.323 e. The van der Waals surface area contributed by atoms with E-state index in [1.807, 2.05) is 13.0 Å². The molecule has 3 N–H and O–H groups in total. The molecule has 5 heteroatoms. The number of carbonyl (C=O) groups excluding carboxylic acids is 1. The lowest BCUT2D eigenvalue weighted by molar-refractivity contribution is -0.117. The third-order valence-corrected chi connectivity index (χ3v) is 3.08. The van der Waals surface area contributed by atoms with Crippen LogP contribution in [0.2, 0.25) is 5.02 Å². The van der Waals surface area contributed by atoms with Gasteiger partial charge in [0.15, 0.2) is 0 Å². The molecule has 0 bridgehead atoms. The molecule has 2 rings (SSSR count). The number of halogens is 1. The molecule has 1 amide bonds. The second-order valence-corrected chi connectivity index (χ2v) is 4.41. The van der Waals surface area contributed by atoms with Crippen LogP contribution in [0.5, 0.6) is 0 Å². The van der Waals surface area contributed by atoms with Crippen LogP contribution < -0.4 is 11.1 Å². The first-order valence-corrected chi connectivity index (χ1v) is 6.11. The number of rotatable bonds is 3. The average Bonchev–Trinajstić information content (AvgIpc) is 2.41. The SMILES string of the molecule is CC[C@@H](N)C(=O)Nc1ccc(Cl)c2cccnc12. The summed E-state index contributed by atoms with van der Waals surface area (Å²) in [4.78, 5) is 16.0. The van der Waals surface area contributed by atoms with Crippen LogP contribution in [0.15, 0.2) is 30.5 Å². The van der Waals surface area contributed by atoms with Gasteiger partial charge in [-0.05, 0) is 30.7 Å². The first-order valence-electron chi connectivity index (χ1n) is 5.73. The van der Waals surface area contributed by atoms with E-state index in [-0.39, 0.29) is 5.91 Å². The highest BCUT2D eigenvalue weighted by Gasteiger charge is 2.13. The van der Waals surface area contributed by atoms with Crippen molar-refractivity contribution in [2.75, 3.05) is 5.32 Å². The van der Waals surface area contributed by atoms with Crippen molar-refractivity contribution in [1.82, 2.24) is 4.98 Å². The summed E-state index contributed by atoms with van der Waals surface area (Å²) in [5.74, 6) is -0.216. The second kappa shape index (κ2) is 5.33. The van der Waals surface area contributed by atoms with E-state index in [2.05, 4.69) is 10.3 Å². The Hall–Kier alpha value is -1.65. The molecule has 0 radical (unpaired) electrons. The monoisotopic (exact) mass is 263 g/mol. The van der Waals surface area contributed by atoms with Crippen LogP contribution in [0, 0.1) is 0 Å². The maximum Gasteiger partial charge on any atom is 0.241 e. The molecule has 0 aliphatic carbocycles. The number of anilines is 1. The van der Waals surface area contributed by atoms with Crippen LogP contribution in [0.1, 0.15) is 13.3 Å². The summed E-state index contributed by atoms with van der Waals surface area (Å²) in [7, 11) is 0. The lowest BCUT2D eigenvalue weighted by Crippen LogP contribution is -2.34. The molecule has 0 saturated heterocycles. The van der Waals surface area contributed by atoms with E-state index in [0.29, 0.717) is 22.6 Å². The smallest absolute Gasteiger partial charge is 0.241 e. The summed E-state index contributed by atoms with van der Waals surface area (Å²) >= 11 is 6.08. The highest BCUT2D eigenvalue weighted by molar-refractivity contribution is 6.35. The van der Waals surface area contributed by atoms with Gasteiger partial charge in [-0.3, -0.25) is 9.78 Å². The molecular weight excluding hydrogens is 250 g/mol. The lowest BCUT2D eigenvalue weighted by Gasteiger charge is -2.12. The van der Waals surface area contributed by atoms with Crippen molar-refractivity contribution in [3.05, 3.63) is 35.5 Å². The number of nitrogens with two attached hydrogens (primary N) is 1. The Kier molecular flexibility index (Phi) is 3.79. The number of nitrogens with one attached hydrogen (secondary N) is 1. The molecule has 18 heavy (non-hydrogen) atoms. The molecule has 0 unspecified atom stereocenters. The van der Waals surface area contributed by atoms with Gasteiger partial charge in [0.05, 0.1) is 22.3 Å². The molecule has 4 nitrogen and oxygen atoms in total. The second-order valence-electron chi connectivity index (χ2n) is 4.00. The number of carbonyl (C=O) groups is 1. The fraction of sp³-hybridized carbons (Fsp3) is 0.231. The van der Waals surface area contributed by atoms with Crippen molar-refractivity contribution in [3.63, 3.8) is 0 Å². The fourth-order valence-corrected chi connectivity index (χ4v) is 1.87. The van der Waals surface area contributed by atoms with Crippen molar-refractivity contribution < 1.29 is 4.79 Å². The minimum atomic E-state index is -0.514. The van der Waals surface area contributed by atoms with Gasteiger partial charge in [-0.25, -0.2) is 0 Å². The first-order chi connectivity index (χ1) is 8.63. The zero-order valence-corrected chi connectivity index (χ0v) is 10.7. The standard InChI is InChI=1S/C13H14ClN3O/c1-2-10(15)13(18)17-11-6-5-9(14)8-4-3-7-16-12(8)11/h3-7,10H,2,15H2,1H3,(H,17,18)/t10-/m1/s1. The molecule has 0 spiro atoms. The van der Waals surface area contributed by atoms with Crippen LogP contribution in [0.25, 0.3) is 10.9 Å². The van der Waals surface area contributed by atoms with Crippen LogP contribution in [0.4, 0.5) is 5.69 Å². The largest absolute Gasteiger partial charge is 0.323 e. The summed E-state index contributed by atoms with van der Waals surface area (Å²) < 4.78 is 0. The van der Waals surface area contributed by atoms with Crippen molar-refractivity contribution in [2.24, 2.45) is 5.73 Å².